The van der Waals surface area contributed by atoms with Crippen molar-refractivity contribution in [3.05, 3.63) is 94.1 Å². The highest BCUT2D eigenvalue weighted by Crippen LogP contribution is 2.44. The van der Waals surface area contributed by atoms with Gasteiger partial charge in [-0.05, 0) is 75.6 Å². The summed E-state index contributed by atoms with van der Waals surface area (Å²) in [5.74, 6) is -0.161. The van der Waals surface area contributed by atoms with Crippen LogP contribution in [-0.2, 0) is 15.1 Å². The largest absolute Gasteiger partial charge is 0.481 e. The third-order valence-corrected chi connectivity index (χ3v) is 8.00. The van der Waals surface area contributed by atoms with Crippen LogP contribution in [0.4, 0.5) is 4.39 Å². The number of esters is 1. The van der Waals surface area contributed by atoms with Crippen LogP contribution in [0.3, 0.4) is 0 Å². The Morgan fingerprint density at radius 2 is 1.60 bits per heavy atom. The van der Waals surface area contributed by atoms with Crippen molar-refractivity contribution in [1.82, 2.24) is 0 Å². The van der Waals surface area contributed by atoms with E-state index in [0.717, 1.165) is 31.7 Å². The number of benzene rings is 3. The van der Waals surface area contributed by atoms with Crippen molar-refractivity contribution in [1.29, 1.82) is 0 Å². The van der Waals surface area contributed by atoms with Gasteiger partial charge in [-0.2, -0.15) is 0 Å². The maximum absolute atomic E-state index is 13.2. The van der Waals surface area contributed by atoms with Crippen molar-refractivity contribution in [3.63, 3.8) is 0 Å². The van der Waals surface area contributed by atoms with Gasteiger partial charge in [-0.25, -0.2) is 9.18 Å². The number of carbonyl (C=O) groups is 2. The lowest BCUT2D eigenvalue weighted by molar-refractivity contribution is -0.159. The lowest BCUT2D eigenvalue weighted by Crippen LogP contribution is -2.28. The lowest BCUT2D eigenvalue weighted by atomic mass is 9.98. The summed E-state index contributed by atoms with van der Waals surface area (Å²) in [5.41, 5.74) is 2.34. The standard InChI is InChI=1S/C29H28FO4S/c1-18-14-23(35-17-25(20(3)31)24-8-6-7-9-26(24)35)15-19(2)28(18)33-16-27(32)34-29(4,5)21-10-12-22(30)13-11-21/h6-15,17H,16H2,1-5H3/q+1. The van der Waals surface area contributed by atoms with Gasteiger partial charge in [0.25, 0.3) is 0 Å². The monoisotopic (exact) mass is 491 g/mol. The molecule has 0 saturated carbocycles. The summed E-state index contributed by atoms with van der Waals surface area (Å²) in [4.78, 5) is 25.8. The number of aryl methyl sites for hydroxylation is 2. The average Bonchev–Trinajstić information content (AvgIpc) is 3.18. The Morgan fingerprint density at radius 1 is 0.971 bits per heavy atom. The van der Waals surface area contributed by atoms with Gasteiger partial charge < -0.3 is 9.47 Å². The van der Waals surface area contributed by atoms with Crippen LogP contribution < -0.4 is 4.74 Å². The molecule has 3 aromatic carbocycles. The van der Waals surface area contributed by atoms with Crippen LogP contribution in [0.5, 0.6) is 5.75 Å². The summed E-state index contributed by atoms with van der Waals surface area (Å²) in [6.07, 6.45) is 0. The highest BCUT2D eigenvalue weighted by Gasteiger charge is 2.27. The van der Waals surface area contributed by atoms with Crippen molar-refractivity contribution in [3.8, 4) is 10.6 Å². The Hall–Kier alpha value is -3.51. The SMILES string of the molecule is CC(=O)c1c[s+](-c2cc(C)c(OCC(=O)OC(C)(C)c3ccc(F)cc3)c(C)c2)c2ccccc12. The Balaban J connectivity index is 1.53. The van der Waals surface area contributed by atoms with E-state index in [-0.39, 0.29) is 28.7 Å². The number of halogens is 1. The molecule has 0 bridgehead atoms. The number of carbonyl (C=O) groups excluding carboxylic acids is 2. The topological polar surface area (TPSA) is 52.6 Å². The van der Waals surface area contributed by atoms with Crippen molar-refractivity contribution in [2.45, 2.75) is 40.2 Å². The molecular formula is C29H28FO4S+. The van der Waals surface area contributed by atoms with E-state index in [4.69, 9.17) is 9.47 Å². The second kappa shape index (κ2) is 9.62. The first-order chi connectivity index (χ1) is 16.6. The zero-order chi connectivity index (χ0) is 25.3. The van der Waals surface area contributed by atoms with Crippen LogP contribution in [-0.4, -0.2) is 18.4 Å². The van der Waals surface area contributed by atoms with E-state index < -0.39 is 11.6 Å². The number of Topliss-reactive ketones (excluding diaryl/α,β-unsaturated/α-hetero) is 1. The number of thiophene rings is 1. The van der Waals surface area contributed by atoms with Gasteiger partial charge in [-0.1, -0.05) is 24.3 Å². The van der Waals surface area contributed by atoms with Gasteiger partial charge in [0.2, 0.25) is 0 Å². The molecular weight excluding hydrogens is 463 g/mol. The third kappa shape index (κ3) is 5.13. The first-order valence-corrected chi connectivity index (χ1v) is 12.6. The highest BCUT2D eigenvalue weighted by molar-refractivity contribution is 7.44. The predicted octanol–water partition coefficient (Wildman–Crippen LogP) is 7.39. The molecule has 1 heterocycles. The van der Waals surface area contributed by atoms with Crippen molar-refractivity contribution >= 4 is 32.3 Å². The van der Waals surface area contributed by atoms with E-state index in [2.05, 4.69) is 23.6 Å². The Kier molecular flexibility index (Phi) is 6.77. The predicted molar refractivity (Wildman–Crippen MR) is 138 cm³/mol. The average molecular weight is 492 g/mol. The number of rotatable bonds is 7. The molecule has 4 aromatic rings. The molecule has 0 radical (unpaired) electrons. The first-order valence-electron chi connectivity index (χ1n) is 11.3. The molecule has 0 fully saturated rings. The van der Waals surface area contributed by atoms with E-state index in [1.54, 1.807) is 32.9 Å². The van der Waals surface area contributed by atoms with Gasteiger partial charge >= 0.3 is 5.97 Å². The first kappa shape index (κ1) is 24.6. The van der Waals surface area contributed by atoms with E-state index in [1.165, 1.54) is 12.1 Å². The quantitative estimate of drug-likeness (QED) is 0.154. The van der Waals surface area contributed by atoms with E-state index in [0.29, 0.717) is 11.3 Å². The summed E-state index contributed by atoms with van der Waals surface area (Å²) in [5, 5.41) is 3.04. The number of fused-ring (bicyclic) bond motifs is 1. The van der Waals surface area contributed by atoms with Gasteiger partial charge in [0, 0.05) is 22.6 Å². The molecule has 0 aliphatic heterocycles. The molecule has 0 N–H and O–H groups in total. The Labute approximate surface area is 207 Å². The van der Waals surface area contributed by atoms with Gasteiger partial charge in [-0.15, -0.1) is 0 Å². The minimum atomic E-state index is -0.917. The fourth-order valence-electron chi connectivity index (χ4n) is 4.21. The maximum Gasteiger partial charge on any atom is 0.345 e. The summed E-state index contributed by atoms with van der Waals surface area (Å²) < 4.78 is 25.9. The van der Waals surface area contributed by atoms with Crippen LogP contribution >= 0.6 is 10.5 Å². The van der Waals surface area contributed by atoms with Gasteiger partial charge in [0.1, 0.15) is 17.2 Å². The molecule has 4 rings (SSSR count). The minimum absolute atomic E-state index is 0.0583. The number of ketones is 1. The normalized spacial score (nSPS) is 12.0. The van der Waals surface area contributed by atoms with Gasteiger partial charge in [-0.3, -0.25) is 4.79 Å². The Bertz CT molecular complexity index is 1390. The van der Waals surface area contributed by atoms with Crippen LogP contribution in [0, 0.1) is 19.7 Å². The van der Waals surface area contributed by atoms with Crippen LogP contribution in [0.1, 0.15) is 47.8 Å². The zero-order valence-electron chi connectivity index (χ0n) is 20.5. The van der Waals surface area contributed by atoms with Gasteiger partial charge in [0.15, 0.2) is 27.4 Å². The van der Waals surface area contributed by atoms with E-state index in [9.17, 15) is 14.0 Å². The molecule has 1 atom stereocenters. The molecule has 0 saturated heterocycles. The molecule has 1 aromatic heterocycles. The second-order valence-electron chi connectivity index (χ2n) is 9.09. The smallest absolute Gasteiger partial charge is 0.345 e. The lowest BCUT2D eigenvalue weighted by Gasteiger charge is -2.25. The van der Waals surface area contributed by atoms with Crippen LogP contribution in [0.25, 0.3) is 15.0 Å². The number of ether oxygens (including phenoxy) is 2. The summed E-state index contributed by atoms with van der Waals surface area (Å²) in [6.45, 7) is 8.76. The summed E-state index contributed by atoms with van der Waals surface area (Å²) in [6, 6.07) is 18.0. The maximum atomic E-state index is 13.2. The Morgan fingerprint density at radius 3 is 2.23 bits per heavy atom. The fourth-order valence-corrected chi connectivity index (χ4v) is 6.51. The van der Waals surface area contributed by atoms with E-state index in [1.807, 2.05) is 32.0 Å². The molecule has 0 aliphatic rings. The molecule has 6 heteroatoms. The van der Waals surface area contributed by atoms with Gasteiger partial charge in [0.05, 0.1) is 10.9 Å². The van der Waals surface area contributed by atoms with Crippen LogP contribution in [0.2, 0.25) is 0 Å². The number of hydrogen-bond donors (Lipinski definition) is 0. The minimum Gasteiger partial charge on any atom is -0.481 e. The molecule has 35 heavy (non-hydrogen) atoms. The summed E-state index contributed by atoms with van der Waals surface area (Å²) >= 11 is 0. The third-order valence-electron chi connectivity index (χ3n) is 5.96. The molecule has 0 aliphatic carbocycles. The van der Waals surface area contributed by atoms with E-state index >= 15 is 0 Å². The molecule has 0 amide bonds. The number of hydrogen-bond acceptors (Lipinski definition) is 4. The van der Waals surface area contributed by atoms with Crippen LogP contribution in [0.15, 0.2) is 66.0 Å². The van der Waals surface area contributed by atoms with Crippen molar-refractivity contribution in [2.24, 2.45) is 0 Å². The zero-order valence-corrected chi connectivity index (χ0v) is 21.3. The fraction of sp³-hybridized carbons (Fsp3) is 0.241. The van der Waals surface area contributed by atoms with Crippen molar-refractivity contribution < 1.29 is 23.5 Å². The highest BCUT2D eigenvalue weighted by atomic mass is 32.2. The molecule has 0 spiro atoms. The summed E-state index contributed by atoms with van der Waals surface area (Å²) in [7, 11) is -0.351. The molecule has 4 nitrogen and oxygen atoms in total. The molecule has 1 unspecified atom stereocenters. The second-order valence-corrected chi connectivity index (χ2v) is 10.9. The van der Waals surface area contributed by atoms with Crippen molar-refractivity contribution in [2.75, 3.05) is 6.61 Å². The molecule has 180 valence electrons.